The first-order valence-corrected chi connectivity index (χ1v) is 7.59. The summed E-state index contributed by atoms with van der Waals surface area (Å²) in [7, 11) is 0. The summed E-state index contributed by atoms with van der Waals surface area (Å²) >= 11 is 0. The second-order valence-electron chi connectivity index (χ2n) is 5.44. The zero-order chi connectivity index (χ0) is 18.7. The first-order chi connectivity index (χ1) is 12.4. The molecule has 0 spiro atoms. The third-order valence-corrected chi connectivity index (χ3v) is 3.75. The molecule has 3 rings (SSSR count). The van der Waals surface area contributed by atoms with Crippen LogP contribution in [0.1, 0.15) is 21.5 Å². The Morgan fingerprint density at radius 2 is 1.88 bits per heavy atom. The minimum Gasteiger partial charge on any atom is -0.348 e. The number of alkyl halides is 3. The van der Waals surface area contributed by atoms with E-state index < -0.39 is 23.5 Å². The molecule has 1 heterocycles. The number of carbonyl (C=O) groups excluding carboxylic acids is 1. The first-order valence-electron chi connectivity index (χ1n) is 7.59. The molecule has 0 aliphatic rings. The Kier molecular flexibility index (Phi) is 4.75. The highest BCUT2D eigenvalue weighted by Gasteiger charge is 2.34. The van der Waals surface area contributed by atoms with E-state index in [2.05, 4.69) is 15.3 Å². The summed E-state index contributed by atoms with van der Waals surface area (Å²) in [5, 5.41) is 2.45. The molecule has 0 unspecified atom stereocenters. The van der Waals surface area contributed by atoms with E-state index in [9.17, 15) is 22.4 Å². The van der Waals surface area contributed by atoms with E-state index in [-0.39, 0.29) is 17.7 Å². The van der Waals surface area contributed by atoms with Gasteiger partial charge in [0.2, 0.25) is 0 Å². The van der Waals surface area contributed by atoms with Crippen molar-refractivity contribution in [2.24, 2.45) is 0 Å². The second-order valence-corrected chi connectivity index (χ2v) is 5.44. The number of aromatic amines is 1. The molecule has 1 aromatic heterocycles. The Morgan fingerprint density at radius 1 is 1.12 bits per heavy atom. The molecule has 0 radical (unpaired) electrons. The predicted molar refractivity (Wildman–Crippen MR) is 86.6 cm³/mol. The number of imidazole rings is 1. The maximum atomic E-state index is 14.0. The minimum atomic E-state index is -4.80. The van der Waals surface area contributed by atoms with Crippen LogP contribution in [0.5, 0.6) is 0 Å². The molecular formula is C18H13F4N3O. The average molecular weight is 363 g/mol. The van der Waals surface area contributed by atoms with Gasteiger partial charge in [-0.15, -0.1) is 0 Å². The van der Waals surface area contributed by atoms with Gasteiger partial charge in [-0.1, -0.05) is 30.3 Å². The van der Waals surface area contributed by atoms with Crippen molar-refractivity contribution in [1.29, 1.82) is 0 Å². The van der Waals surface area contributed by atoms with Crippen LogP contribution in [0.4, 0.5) is 17.6 Å². The maximum absolute atomic E-state index is 14.0. The van der Waals surface area contributed by atoms with E-state index >= 15 is 0 Å². The van der Waals surface area contributed by atoms with E-state index in [4.69, 9.17) is 0 Å². The second kappa shape index (κ2) is 6.99. The summed E-state index contributed by atoms with van der Waals surface area (Å²) in [4.78, 5) is 19.4. The van der Waals surface area contributed by atoms with Crippen LogP contribution in [0, 0.1) is 5.82 Å². The Balaban J connectivity index is 1.81. The smallest absolute Gasteiger partial charge is 0.348 e. The number of carbonyl (C=O) groups is 1. The van der Waals surface area contributed by atoms with Crippen molar-refractivity contribution < 1.29 is 22.4 Å². The Morgan fingerprint density at radius 3 is 2.58 bits per heavy atom. The molecule has 1 amide bonds. The van der Waals surface area contributed by atoms with E-state index in [1.54, 1.807) is 30.5 Å². The molecule has 0 atom stereocenters. The van der Waals surface area contributed by atoms with E-state index in [0.29, 0.717) is 17.5 Å². The van der Waals surface area contributed by atoms with Crippen LogP contribution in [0.15, 0.2) is 54.9 Å². The zero-order valence-electron chi connectivity index (χ0n) is 13.3. The molecule has 26 heavy (non-hydrogen) atoms. The van der Waals surface area contributed by atoms with Crippen molar-refractivity contribution in [3.63, 3.8) is 0 Å². The highest BCUT2D eigenvalue weighted by molar-refractivity contribution is 6.00. The van der Waals surface area contributed by atoms with Gasteiger partial charge < -0.3 is 10.3 Å². The lowest BCUT2D eigenvalue weighted by Crippen LogP contribution is -2.24. The molecule has 2 aromatic carbocycles. The van der Waals surface area contributed by atoms with Gasteiger partial charge in [-0.2, -0.15) is 13.2 Å². The number of hydrogen-bond acceptors (Lipinski definition) is 2. The van der Waals surface area contributed by atoms with E-state index in [1.165, 1.54) is 12.3 Å². The van der Waals surface area contributed by atoms with Crippen molar-refractivity contribution in [3.8, 4) is 11.4 Å². The summed E-state index contributed by atoms with van der Waals surface area (Å²) < 4.78 is 52.3. The van der Waals surface area contributed by atoms with Crippen molar-refractivity contribution >= 4 is 5.91 Å². The molecule has 0 saturated carbocycles. The van der Waals surface area contributed by atoms with Crippen LogP contribution >= 0.6 is 0 Å². The highest BCUT2D eigenvalue weighted by atomic mass is 19.4. The lowest BCUT2D eigenvalue weighted by Gasteiger charge is -2.12. The highest BCUT2D eigenvalue weighted by Crippen LogP contribution is 2.32. The molecule has 134 valence electrons. The summed E-state index contributed by atoms with van der Waals surface area (Å²) in [5.41, 5.74) is -0.807. The van der Waals surface area contributed by atoms with Gasteiger partial charge >= 0.3 is 6.18 Å². The largest absolute Gasteiger partial charge is 0.419 e. The van der Waals surface area contributed by atoms with Gasteiger partial charge in [0.1, 0.15) is 11.6 Å². The van der Waals surface area contributed by atoms with Crippen LogP contribution in [0.3, 0.4) is 0 Å². The third-order valence-electron chi connectivity index (χ3n) is 3.75. The SMILES string of the molecule is O=C(NCc1cccc(C(F)(F)F)c1F)c1ccccc1-c1ncc[nH]1. The van der Waals surface area contributed by atoms with E-state index in [1.807, 2.05) is 0 Å². The van der Waals surface area contributed by atoms with Crippen LogP contribution in [-0.4, -0.2) is 15.9 Å². The van der Waals surface area contributed by atoms with Crippen LogP contribution in [-0.2, 0) is 12.7 Å². The van der Waals surface area contributed by atoms with E-state index in [0.717, 1.165) is 6.07 Å². The van der Waals surface area contributed by atoms with Gasteiger partial charge in [0.05, 0.1) is 11.1 Å². The molecular weight excluding hydrogens is 350 g/mol. The molecule has 8 heteroatoms. The summed E-state index contributed by atoms with van der Waals surface area (Å²) in [5.74, 6) is -1.46. The van der Waals surface area contributed by atoms with Crippen molar-refractivity contribution in [1.82, 2.24) is 15.3 Å². The fourth-order valence-electron chi connectivity index (χ4n) is 2.51. The number of nitrogens with zero attached hydrogens (tertiary/aromatic N) is 1. The third kappa shape index (κ3) is 3.58. The Bertz CT molecular complexity index is 920. The van der Waals surface area contributed by atoms with Crippen molar-refractivity contribution in [2.45, 2.75) is 12.7 Å². The van der Waals surface area contributed by atoms with Crippen LogP contribution in [0.2, 0.25) is 0 Å². The lowest BCUT2D eigenvalue weighted by molar-refractivity contribution is -0.140. The number of benzene rings is 2. The van der Waals surface area contributed by atoms with Crippen LogP contribution < -0.4 is 5.32 Å². The Labute approximate surface area is 145 Å². The van der Waals surface area contributed by atoms with Gasteiger partial charge in [-0.05, 0) is 12.1 Å². The maximum Gasteiger partial charge on any atom is 0.419 e. The molecule has 0 bridgehead atoms. The summed E-state index contributed by atoms with van der Waals surface area (Å²) in [6, 6.07) is 9.56. The van der Waals surface area contributed by atoms with Gasteiger partial charge in [-0.3, -0.25) is 4.79 Å². The van der Waals surface area contributed by atoms with Gasteiger partial charge in [-0.25, -0.2) is 9.37 Å². The van der Waals surface area contributed by atoms with Crippen molar-refractivity contribution in [2.75, 3.05) is 0 Å². The summed E-state index contributed by atoms with van der Waals surface area (Å²) in [6.45, 7) is -0.374. The fourth-order valence-corrected chi connectivity index (χ4v) is 2.51. The molecule has 2 N–H and O–H groups in total. The molecule has 0 aliphatic carbocycles. The quantitative estimate of drug-likeness (QED) is 0.684. The number of nitrogens with one attached hydrogen (secondary N) is 2. The summed E-state index contributed by atoms with van der Waals surface area (Å²) in [6.07, 6.45) is -1.67. The number of hydrogen-bond donors (Lipinski definition) is 2. The lowest BCUT2D eigenvalue weighted by atomic mass is 10.1. The van der Waals surface area contributed by atoms with Crippen molar-refractivity contribution in [3.05, 3.63) is 77.4 Å². The number of rotatable bonds is 4. The zero-order valence-corrected chi connectivity index (χ0v) is 13.3. The monoisotopic (exact) mass is 363 g/mol. The number of H-pyrrole nitrogens is 1. The van der Waals surface area contributed by atoms with Crippen LogP contribution in [0.25, 0.3) is 11.4 Å². The molecule has 4 nitrogen and oxygen atoms in total. The molecule has 0 fully saturated rings. The van der Waals surface area contributed by atoms with Gasteiger partial charge in [0, 0.05) is 30.1 Å². The standard InChI is InChI=1S/C18H13F4N3O/c19-15-11(4-3-7-14(15)18(20,21)22)10-25-17(26)13-6-2-1-5-12(13)16-23-8-9-24-16/h1-9H,10H2,(H,23,24)(H,25,26). The predicted octanol–water partition coefficient (Wildman–Crippen LogP) is 4.16. The normalized spacial score (nSPS) is 11.4. The van der Waals surface area contributed by atoms with Gasteiger partial charge in [0.15, 0.2) is 0 Å². The minimum absolute atomic E-state index is 0.247. The molecule has 0 saturated heterocycles. The number of amides is 1. The number of halogens is 4. The Hall–Kier alpha value is -3.16. The fraction of sp³-hybridized carbons (Fsp3) is 0.111. The molecule has 3 aromatic rings. The topological polar surface area (TPSA) is 57.8 Å². The molecule has 0 aliphatic heterocycles. The van der Waals surface area contributed by atoms with Gasteiger partial charge in [0.25, 0.3) is 5.91 Å². The first kappa shape index (κ1) is 17.7. The average Bonchev–Trinajstić information content (AvgIpc) is 3.14. The number of aromatic nitrogens is 2.